The van der Waals surface area contributed by atoms with Gasteiger partial charge in [0.05, 0.1) is 0 Å². The molecule has 1 aromatic rings. The second-order valence-electron chi connectivity index (χ2n) is 5.98. The molecule has 1 N–H and O–H groups in total. The molecule has 0 radical (unpaired) electrons. The lowest BCUT2D eigenvalue weighted by atomic mass is 10.1. The van der Waals surface area contributed by atoms with E-state index in [-0.39, 0.29) is 0 Å². The summed E-state index contributed by atoms with van der Waals surface area (Å²) in [5, 5.41) is 9.47. The molecule has 0 amide bonds. The Bertz CT molecular complexity index is 536. The standard InChI is InChI=1S/C17H22ClNO2/c1-12(2)9-10-19(15-5-6-15)16-7-4-14(18)11-13(16)3-8-17(20)21/h3-4,7-8,11-12,15H,5-6,9-10H2,1-2H3,(H,20,21)/b8-3+. The number of nitrogens with zero attached hydrogens (tertiary/aromatic N) is 1. The van der Waals surface area contributed by atoms with Crippen molar-refractivity contribution in [3.05, 3.63) is 34.9 Å². The molecule has 1 fully saturated rings. The minimum atomic E-state index is -0.943. The van der Waals surface area contributed by atoms with Gasteiger partial charge in [0.2, 0.25) is 0 Å². The number of aliphatic carboxylic acids is 1. The van der Waals surface area contributed by atoms with Gasteiger partial charge in [0, 0.05) is 29.4 Å². The highest BCUT2D eigenvalue weighted by molar-refractivity contribution is 6.30. The number of anilines is 1. The smallest absolute Gasteiger partial charge is 0.328 e. The average Bonchev–Trinajstić information content (AvgIpc) is 3.22. The molecule has 0 aliphatic heterocycles. The Morgan fingerprint density at radius 3 is 2.76 bits per heavy atom. The maximum absolute atomic E-state index is 10.8. The summed E-state index contributed by atoms with van der Waals surface area (Å²) in [5.41, 5.74) is 1.96. The molecule has 1 aromatic carbocycles. The third kappa shape index (κ3) is 4.78. The van der Waals surface area contributed by atoms with Crippen molar-refractivity contribution in [2.24, 2.45) is 5.92 Å². The van der Waals surface area contributed by atoms with E-state index in [9.17, 15) is 4.79 Å². The van der Waals surface area contributed by atoms with Crippen LogP contribution in [0.4, 0.5) is 5.69 Å². The molecule has 1 saturated carbocycles. The summed E-state index contributed by atoms with van der Waals surface area (Å²) in [6.07, 6.45) is 6.35. The zero-order valence-corrected chi connectivity index (χ0v) is 13.3. The normalized spacial score (nSPS) is 14.9. The number of rotatable bonds is 7. The molecule has 0 atom stereocenters. The van der Waals surface area contributed by atoms with Gasteiger partial charge in [-0.15, -0.1) is 0 Å². The highest BCUT2D eigenvalue weighted by Gasteiger charge is 2.30. The summed E-state index contributed by atoms with van der Waals surface area (Å²) in [6, 6.07) is 6.30. The molecular weight excluding hydrogens is 286 g/mol. The summed E-state index contributed by atoms with van der Waals surface area (Å²) >= 11 is 6.06. The second kappa shape index (κ2) is 6.99. The molecule has 2 rings (SSSR count). The van der Waals surface area contributed by atoms with E-state index >= 15 is 0 Å². The van der Waals surface area contributed by atoms with Gasteiger partial charge >= 0.3 is 5.97 Å². The van der Waals surface area contributed by atoms with Gasteiger partial charge in [0.25, 0.3) is 0 Å². The Morgan fingerprint density at radius 1 is 1.48 bits per heavy atom. The first kappa shape index (κ1) is 15.9. The molecule has 114 valence electrons. The van der Waals surface area contributed by atoms with E-state index in [2.05, 4.69) is 18.7 Å². The second-order valence-corrected chi connectivity index (χ2v) is 6.42. The Morgan fingerprint density at radius 2 is 2.19 bits per heavy atom. The van der Waals surface area contributed by atoms with E-state index in [0.29, 0.717) is 17.0 Å². The summed E-state index contributed by atoms with van der Waals surface area (Å²) < 4.78 is 0. The van der Waals surface area contributed by atoms with E-state index < -0.39 is 5.97 Å². The summed E-state index contributed by atoms with van der Waals surface area (Å²) in [7, 11) is 0. The Balaban J connectivity index is 2.28. The first-order valence-electron chi connectivity index (χ1n) is 7.44. The fourth-order valence-corrected chi connectivity index (χ4v) is 2.55. The zero-order valence-electron chi connectivity index (χ0n) is 12.6. The largest absolute Gasteiger partial charge is 0.478 e. The van der Waals surface area contributed by atoms with E-state index in [1.807, 2.05) is 18.2 Å². The van der Waals surface area contributed by atoms with Crippen molar-refractivity contribution in [2.75, 3.05) is 11.4 Å². The lowest BCUT2D eigenvalue weighted by Crippen LogP contribution is -2.28. The topological polar surface area (TPSA) is 40.5 Å². The number of hydrogen-bond donors (Lipinski definition) is 1. The molecule has 4 heteroatoms. The Labute approximate surface area is 131 Å². The number of hydrogen-bond acceptors (Lipinski definition) is 2. The van der Waals surface area contributed by atoms with E-state index in [0.717, 1.165) is 24.2 Å². The van der Waals surface area contributed by atoms with Crippen LogP contribution in [0.15, 0.2) is 24.3 Å². The van der Waals surface area contributed by atoms with Crippen LogP contribution in [-0.4, -0.2) is 23.7 Å². The van der Waals surface area contributed by atoms with Crippen LogP contribution < -0.4 is 4.90 Å². The minimum Gasteiger partial charge on any atom is -0.478 e. The maximum atomic E-state index is 10.8. The number of halogens is 1. The van der Waals surface area contributed by atoms with Crippen LogP contribution >= 0.6 is 11.6 Å². The summed E-state index contributed by atoms with van der Waals surface area (Å²) in [4.78, 5) is 13.2. The van der Waals surface area contributed by atoms with Crippen molar-refractivity contribution in [1.82, 2.24) is 0 Å². The van der Waals surface area contributed by atoms with Crippen molar-refractivity contribution in [2.45, 2.75) is 39.2 Å². The van der Waals surface area contributed by atoms with Crippen molar-refractivity contribution < 1.29 is 9.90 Å². The molecule has 21 heavy (non-hydrogen) atoms. The van der Waals surface area contributed by atoms with Gasteiger partial charge in [-0.2, -0.15) is 0 Å². The van der Waals surface area contributed by atoms with Crippen LogP contribution in [0, 0.1) is 5.92 Å². The predicted octanol–water partition coefficient (Wildman–Crippen LogP) is 4.45. The van der Waals surface area contributed by atoms with Crippen molar-refractivity contribution in [3.63, 3.8) is 0 Å². The van der Waals surface area contributed by atoms with Gasteiger partial charge in [-0.25, -0.2) is 4.79 Å². The third-order valence-corrected chi connectivity index (χ3v) is 3.87. The molecule has 0 bridgehead atoms. The van der Waals surface area contributed by atoms with Crippen LogP contribution in [0.25, 0.3) is 6.08 Å². The van der Waals surface area contributed by atoms with Crippen LogP contribution in [0.3, 0.4) is 0 Å². The number of benzene rings is 1. The average molecular weight is 308 g/mol. The van der Waals surface area contributed by atoms with Crippen LogP contribution in [0.1, 0.15) is 38.7 Å². The number of carbonyl (C=O) groups is 1. The first-order valence-corrected chi connectivity index (χ1v) is 7.82. The number of carboxylic acid groups (broad SMARTS) is 1. The monoisotopic (exact) mass is 307 g/mol. The third-order valence-electron chi connectivity index (χ3n) is 3.64. The highest BCUT2D eigenvalue weighted by Crippen LogP contribution is 2.35. The van der Waals surface area contributed by atoms with Gasteiger partial charge in [-0.3, -0.25) is 0 Å². The Kier molecular flexibility index (Phi) is 5.29. The van der Waals surface area contributed by atoms with Crippen molar-refractivity contribution in [3.8, 4) is 0 Å². The molecule has 0 unspecified atom stereocenters. The molecule has 0 aromatic heterocycles. The van der Waals surface area contributed by atoms with Crippen molar-refractivity contribution in [1.29, 1.82) is 0 Å². The molecular formula is C17H22ClNO2. The van der Waals surface area contributed by atoms with Crippen molar-refractivity contribution >= 4 is 29.3 Å². The minimum absolute atomic E-state index is 0.585. The number of carboxylic acids is 1. The van der Waals surface area contributed by atoms with Gasteiger partial charge in [0.1, 0.15) is 0 Å². The molecule has 0 spiro atoms. The van der Waals surface area contributed by atoms with Gasteiger partial charge in [-0.1, -0.05) is 25.4 Å². The summed E-state index contributed by atoms with van der Waals surface area (Å²) in [6.45, 7) is 5.44. The SMILES string of the molecule is CC(C)CCN(c1ccc(Cl)cc1/C=C/C(=O)O)C1CC1. The van der Waals surface area contributed by atoms with Gasteiger partial charge in [-0.05, 0) is 55.0 Å². The van der Waals surface area contributed by atoms with E-state index in [4.69, 9.17) is 16.7 Å². The molecule has 3 nitrogen and oxygen atoms in total. The van der Waals surface area contributed by atoms with E-state index in [1.54, 1.807) is 6.08 Å². The molecule has 0 heterocycles. The fraction of sp³-hybridized carbons (Fsp3) is 0.471. The lowest BCUT2D eigenvalue weighted by Gasteiger charge is -2.27. The van der Waals surface area contributed by atoms with Crippen LogP contribution in [0.5, 0.6) is 0 Å². The maximum Gasteiger partial charge on any atom is 0.328 e. The molecule has 1 aliphatic rings. The first-order chi connectivity index (χ1) is 9.97. The van der Waals surface area contributed by atoms with E-state index in [1.165, 1.54) is 18.9 Å². The Hall–Kier alpha value is -1.48. The summed E-state index contributed by atoms with van der Waals surface area (Å²) in [5.74, 6) is -0.294. The lowest BCUT2D eigenvalue weighted by molar-refractivity contribution is -0.131. The predicted molar refractivity (Wildman–Crippen MR) is 87.9 cm³/mol. The quantitative estimate of drug-likeness (QED) is 0.756. The van der Waals surface area contributed by atoms with Gasteiger partial charge in [0.15, 0.2) is 0 Å². The molecule has 1 aliphatic carbocycles. The van der Waals surface area contributed by atoms with Gasteiger partial charge < -0.3 is 10.0 Å². The zero-order chi connectivity index (χ0) is 15.4. The molecule has 0 saturated heterocycles. The highest BCUT2D eigenvalue weighted by atomic mass is 35.5. The van der Waals surface area contributed by atoms with Crippen LogP contribution in [-0.2, 0) is 4.79 Å². The fourth-order valence-electron chi connectivity index (χ4n) is 2.36. The van der Waals surface area contributed by atoms with Crippen LogP contribution in [0.2, 0.25) is 5.02 Å².